The molecule has 118 valence electrons. The van der Waals surface area contributed by atoms with Gasteiger partial charge in [-0.15, -0.1) is 0 Å². The number of carbonyl (C=O) groups is 1. The molecule has 5 heteroatoms. The fourth-order valence-corrected chi connectivity index (χ4v) is 3.25. The van der Waals surface area contributed by atoms with Crippen molar-refractivity contribution in [2.75, 3.05) is 0 Å². The molecule has 1 N–H and O–H groups in total. The molecule has 0 aliphatic rings. The third kappa shape index (κ3) is 2.60. The molecule has 1 atom stereocenters. The van der Waals surface area contributed by atoms with Crippen LogP contribution in [0.2, 0.25) is 10.0 Å². The van der Waals surface area contributed by atoms with Gasteiger partial charge in [0.25, 0.3) is 0 Å². The average Bonchev–Trinajstić information content (AvgIpc) is 2.81. The average molecular weight is 348 g/mol. The lowest BCUT2D eigenvalue weighted by Crippen LogP contribution is -2.04. The van der Waals surface area contributed by atoms with E-state index < -0.39 is 0 Å². The summed E-state index contributed by atoms with van der Waals surface area (Å²) in [7, 11) is 0. The number of aromatic hydroxyl groups is 1. The molecule has 3 nitrogen and oxygen atoms in total. The van der Waals surface area contributed by atoms with Gasteiger partial charge >= 0.3 is 0 Å². The predicted octanol–water partition coefficient (Wildman–Crippen LogP) is 5.47. The zero-order valence-corrected chi connectivity index (χ0v) is 14.2. The van der Waals surface area contributed by atoms with Crippen LogP contribution in [0.4, 0.5) is 0 Å². The first-order valence-corrected chi connectivity index (χ1v) is 7.95. The van der Waals surface area contributed by atoms with Crippen LogP contribution in [-0.2, 0) is 0 Å². The minimum atomic E-state index is -0.230. The van der Waals surface area contributed by atoms with Gasteiger partial charge in [0.2, 0.25) is 11.8 Å². The predicted molar refractivity (Wildman–Crippen MR) is 93.9 cm³/mol. The highest BCUT2D eigenvalue weighted by Gasteiger charge is 2.24. The molecule has 3 aromatic rings. The Hall–Kier alpha value is -1.97. The number of nitrogens with zero attached hydrogens (tertiary/aromatic N) is 1. The molecular weight excluding hydrogens is 333 g/mol. The van der Waals surface area contributed by atoms with Gasteiger partial charge in [0.15, 0.2) is 0 Å². The van der Waals surface area contributed by atoms with Crippen LogP contribution in [-0.4, -0.2) is 15.6 Å². The fraction of sp³-hybridized carbons (Fsp3) is 0.167. The first-order chi connectivity index (χ1) is 10.9. The second-order valence-electron chi connectivity index (χ2n) is 5.50. The SMILES string of the molecule is CC(=O)n1c(O)c(C(C)c2ccc(Cl)c(Cl)c2)c2ccccc21. The first-order valence-electron chi connectivity index (χ1n) is 7.20. The van der Waals surface area contributed by atoms with E-state index in [2.05, 4.69) is 0 Å². The summed E-state index contributed by atoms with van der Waals surface area (Å²) in [6.07, 6.45) is 0. The minimum Gasteiger partial charge on any atom is -0.494 e. The molecule has 0 saturated heterocycles. The van der Waals surface area contributed by atoms with Gasteiger partial charge in [0.05, 0.1) is 15.6 Å². The number of hydrogen-bond donors (Lipinski definition) is 1. The second-order valence-corrected chi connectivity index (χ2v) is 6.32. The van der Waals surface area contributed by atoms with E-state index in [1.54, 1.807) is 12.1 Å². The Morgan fingerprint density at radius 2 is 1.83 bits per heavy atom. The number of halogens is 2. The van der Waals surface area contributed by atoms with Crippen LogP contribution in [0.5, 0.6) is 5.88 Å². The van der Waals surface area contributed by atoms with Crippen molar-refractivity contribution < 1.29 is 9.90 Å². The van der Waals surface area contributed by atoms with E-state index in [4.69, 9.17) is 23.2 Å². The molecule has 0 fully saturated rings. The summed E-state index contributed by atoms with van der Waals surface area (Å²) >= 11 is 12.1. The van der Waals surface area contributed by atoms with Gasteiger partial charge in [-0.1, -0.05) is 54.4 Å². The Bertz CT molecular complexity index is 915. The Balaban J connectivity index is 2.25. The van der Waals surface area contributed by atoms with Crippen LogP contribution in [0.1, 0.15) is 35.7 Å². The smallest absolute Gasteiger partial charge is 0.230 e. The lowest BCUT2D eigenvalue weighted by molar-refractivity contribution is 0.0933. The van der Waals surface area contributed by atoms with E-state index in [-0.39, 0.29) is 17.7 Å². The van der Waals surface area contributed by atoms with Crippen molar-refractivity contribution in [3.05, 3.63) is 63.6 Å². The molecule has 3 rings (SSSR count). The van der Waals surface area contributed by atoms with E-state index in [0.29, 0.717) is 21.1 Å². The van der Waals surface area contributed by atoms with Gasteiger partial charge in [0, 0.05) is 23.8 Å². The van der Waals surface area contributed by atoms with Gasteiger partial charge in [0.1, 0.15) is 0 Å². The molecule has 0 spiro atoms. The molecule has 1 heterocycles. The Morgan fingerprint density at radius 1 is 1.13 bits per heavy atom. The molecule has 0 aliphatic carbocycles. The molecule has 0 aliphatic heterocycles. The summed E-state index contributed by atoms with van der Waals surface area (Å²) in [5.74, 6) is -0.404. The number of benzene rings is 2. The molecule has 0 saturated carbocycles. The molecular formula is C18H15Cl2NO2. The highest BCUT2D eigenvalue weighted by Crippen LogP contribution is 2.40. The van der Waals surface area contributed by atoms with E-state index in [1.165, 1.54) is 11.5 Å². The van der Waals surface area contributed by atoms with Crippen molar-refractivity contribution in [1.29, 1.82) is 0 Å². The minimum absolute atomic E-state index is 0.0303. The maximum atomic E-state index is 11.9. The number of rotatable bonds is 2. The van der Waals surface area contributed by atoms with Crippen molar-refractivity contribution in [1.82, 2.24) is 4.57 Å². The van der Waals surface area contributed by atoms with E-state index in [9.17, 15) is 9.90 Å². The van der Waals surface area contributed by atoms with Gasteiger partial charge < -0.3 is 5.11 Å². The Morgan fingerprint density at radius 3 is 2.48 bits per heavy atom. The van der Waals surface area contributed by atoms with Crippen molar-refractivity contribution >= 4 is 40.0 Å². The summed E-state index contributed by atoms with van der Waals surface area (Å²) in [6, 6.07) is 12.8. The summed E-state index contributed by atoms with van der Waals surface area (Å²) in [4.78, 5) is 11.9. The topological polar surface area (TPSA) is 42.2 Å². The number of hydrogen-bond acceptors (Lipinski definition) is 2. The summed E-state index contributed by atoms with van der Waals surface area (Å²) in [5, 5.41) is 12.4. The number of aromatic nitrogens is 1. The van der Waals surface area contributed by atoms with Crippen LogP contribution in [0, 0.1) is 0 Å². The van der Waals surface area contributed by atoms with Crippen molar-refractivity contribution in [2.45, 2.75) is 19.8 Å². The summed E-state index contributed by atoms with van der Waals surface area (Å²) in [6.45, 7) is 3.39. The largest absolute Gasteiger partial charge is 0.494 e. The van der Waals surface area contributed by atoms with Crippen LogP contribution in [0.15, 0.2) is 42.5 Å². The van der Waals surface area contributed by atoms with Crippen LogP contribution >= 0.6 is 23.2 Å². The lowest BCUT2D eigenvalue weighted by atomic mass is 9.92. The molecule has 0 radical (unpaired) electrons. The fourth-order valence-electron chi connectivity index (χ4n) is 2.95. The molecule has 1 aromatic heterocycles. The van der Waals surface area contributed by atoms with Crippen molar-refractivity contribution in [2.24, 2.45) is 0 Å². The van der Waals surface area contributed by atoms with Gasteiger partial charge in [-0.3, -0.25) is 9.36 Å². The van der Waals surface area contributed by atoms with Gasteiger partial charge in [-0.25, -0.2) is 0 Å². The Labute approximate surface area is 144 Å². The van der Waals surface area contributed by atoms with E-state index in [1.807, 2.05) is 37.3 Å². The quantitative estimate of drug-likeness (QED) is 0.668. The van der Waals surface area contributed by atoms with Crippen LogP contribution in [0.3, 0.4) is 0 Å². The first kappa shape index (κ1) is 15.9. The normalized spacial score (nSPS) is 12.5. The lowest BCUT2D eigenvalue weighted by Gasteiger charge is -2.13. The summed E-state index contributed by atoms with van der Waals surface area (Å²) < 4.78 is 1.33. The second kappa shape index (κ2) is 5.91. The molecule has 23 heavy (non-hydrogen) atoms. The summed E-state index contributed by atoms with van der Waals surface area (Å²) in [5.41, 5.74) is 2.31. The third-order valence-corrected chi connectivity index (χ3v) is 4.82. The number of para-hydroxylation sites is 1. The van der Waals surface area contributed by atoms with Crippen molar-refractivity contribution in [3.63, 3.8) is 0 Å². The molecule has 1 unspecified atom stereocenters. The maximum absolute atomic E-state index is 11.9. The zero-order valence-electron chi connectivity index (χ0n) is 12.7. The highest BCUT2D eigenvalue weighted by molar-refractivity contribution is 6.42. The number of fused-ring (bicyclic) bond motifs is 1. The monoisotopic (exact) mass is 347 g/mol. The van der Waals surface area contributed by atoms with E-state index >= 15 is 0 Å². The Kier molecular flexibility index (Phi) is 4.09. The third-order valence-electron chi connectivity index (χ3n) is 4.08. The number of carbonyl (C=O) groups excluding carboxylic acids is 1. The maximum Gasteiger partial charge on any atom is 0.230 e. The molecule has 2 aromatic carbocycles. The van der Waals surface area contributed by atoms with Crippen LogP contribution in [0.25, 0.3) is 10.9 Å². The van der Waals surface area contributed by atoms with Crippen LogP contribution < -0.4 is 0 Å². The molecule has 0 bridgehead atoms. The standard InChI is InChI=1S/C18H15Cl2NO2/c1-10(12-7-8-14(19)15(20)9-12)17-13-5-3-4-6-16(13)21(11(2)22)18(17)23/h3-10,23H,1-2H3. The van der Waals surface area contributed by atoms with Crippen molar-refractivity contribution in [3.8, 4) is 5.88 Å². The van der Waals surface area contributed by atoms with E-state index in [0.717, 1.165) is 10.9 Å². The van der Waals surface area contributed by atoms with Gasteiger partial charge in [-0.05, 0) is 23.8 Å². The highest BCUT2D eigenvalue weighted by atomic mass is 35.5. The zero-order chi connectivity index (χ0) is 16.7. The molecule has 0 amide bonds. The van der Waals surface area contributed by atoms with Gasteiger partial charge in [-0.2, -0.15) is 0 Å².